The number of benzene rings is 1. The van der Waals surface area contributed by atoms with Crippen LogP contribution in [0.2, 0.25) is 5.02 Å². The molecule has 0 spiro atoms. The Morgan fingerprint density at radius 2 is 2.00 bits per heavy atom. The van der Waals surface area contributed by atoms with Gasteiger partial charge in [0, 0.05) is 27.6 Å². The molecule has 1 aromatic carbocycles. The lowest BCUT2D eigenvalue weighted by atomic mass is 10.1. The van der Waals surface area contributed by atoms with E-state index in [0.29, 0.717) is 10.0 Å². The Bertz CT molecular complexity index is 1090. The van der Waals surface area contributed by atoms with Crippen LogP contribution in [0.15, 0.2) is 47.4 Å². The molecule has 0 unspecified atom stereocenters. The summed E-state index contributed by atoms with van der Waals surface area (Å²) in [6.45, 7) is 1.83. The van der Waals surface area contributed by atoms with Gasteiger partial charge < -0.3 is 5.32 Å². The Balaban J connectivity index is 1.66. The van der Waals surface area contributed by atoms with Crippen LogP contribution in [0.5, 0.6) is 0 Å². The number of carbonyl (C=O) groups excluding carboxylic acids is 1. The van der Waals surface area contributed by atoms with E-state index in [1.165, 1.54) is 11.3 Å². The van der Waals surface area contributed by atoms with E-state index in [0.717, 1.165) is 39.0 Å². The van der Waals surface area contributed by atoms with Gasteiger partial charge in [-0.05, 0) is 19.1 Å². The van der Waals surface area contributed by atoms with Gasteiger partial charge >= 0.3 is 0 Å². The Hall–Kier alpha value is -3.04. The minimum absolute atomic E-state index is 0.196. The molecule has 3 aromatic rings. The number of amides is 1. The van der Waals surface area contributed by atoms with Crippen LogP contribution in [-0.2, 0) is 17.9 Å². The van der Waals surface area contributed by atoms with Crippen molar-refractivity contribution in [3.05, 3.63) is 78.0 Å². The molecule has 10 heteroatoms. The van der Waals surface area contributed by atoms with Gasteiger partial charge in [0.2, 0.25) is 5.91 Å². The number of nitrogens with zero attached hydrogens (tertiary/aromatic N) is 3. The van der Waals surface area contributed by atoms with Crippen molar-refractivity contribution in [2.45, 2.75) is 20.0 Å². The van der Waals surface area contributed by atoms with E-state index in [1.54, 1.807) is 12.1 Å². The topological polar surface area (TPSA) is 107 Å². The van der Waals surface area contributed by atoms with Crippen LogP contribution in [-0.4, -0.2) is 20.4 Å². The number of rotatable bonds is 6. The molecule has 2 heterocycles. The van der Waals surface area contributed by atoms with Crippen molar-refractivity contribution in [3.8, 4) is 11.3 Å². The molecule has 0 aliphatic heterocycles. The van der Waals surface area contributed by atoms with Crippen LogP contribution >= 0.6 is 22.9 Å². The fourth-order valence-corrected chi connectivity index (χ4v) is 3.56. The summed E-state index contributed by atoms with van der Waals surface area (Å²) < 4.78 is 1.000. The highest BCUT2D eigenvalue weighted by molar-refractivity contribution is 7.12. The SMILES string of the molecule is Cc1sc(CNC(=O)Cn2cc([N+](=O)[O-])ccc2=O)nc1-c1ccc(Cl)cc1. The maximum absolute atomic E-state index is 12.1. The van der Waals surface area contributed by atoms with Crippen molar-refractivity contribution >= 4 is 34.5 Å². The van der Waals surface area contributed by atoms with Gasteiger partial charge in [-0.3, -0.25) is 24.3 Å². The van der Waals surface area contributed by atoms with Gasteiger partial charge in [0.1, 0.15) is 11.6 Å². The Morgan fingerprint density at radius 3 is 2.68 bits per heavy atom. The van der Waals surface area contributed by atoms with E-state index in [2.05, 4.69) is 10.3 Å². The Morgan fingerprint density at radius 1 is 1.29 bits per heavy atom. The summed E-state index contributed by atoms with van der Waals surface area (Å²) in [6, 6.07) is 9.49. The molecule has 0 fully saturated rings. The number of thiazole rings is 1. The monoisotopic (exact) mass is 418 g/mol. The van der Waals surface area contributed by atoms with Gasteiger partial charge in [0.25, 0.3) is 11.2 Å². The Labute approximate surface area is 168 Å². The molecule has 0 aliphatic rings. The van der Waals surface area contributed by atoms with E-state index >= 15 is 0 Å². The average molecular weight is 419 g/mol. The number of nitrogens with one attached hydrogen (secondary N) is 1. The maximum atomic E-state index is 12.1. The lowest BCUT2D eigenvalue weighted by Gasteiger charge is -2.06. The molecule has 2 aromatic heterocycles. The highest BCUT2D eigenvalue weighted by atomic mass is 35.5. The number of aryl methyl sites for hydroxylation is 1. The van der Waals surface area contributed by atoms with Gasteiger partial charge in [0.15, 0.2) is 0 Å². The van der Waals surface area contributed by atoms with Crippen molar-refractivity contribution in [2.24, 2.45) is 0 Å². The van der Waals surface area contributed by atoms with Crippen LogP contribution < -0.4 is 10.9 Å². The fourth-order valence-electron chi connectivity index (χ4n) is 2.54. The molecule has 8 nitrogen and oxygen atoms in total. The third-order valence-electron chi connectivity index (χ3n) is 3.89. The third kappa shape index (κ3) is 4.62. The zero-order valence-electron chi connectivity index (χ0n) is 14.7. The number of pyridine rings is 1. The van der Waals surface area contributed by atoms with E-state index in [-0.39, 0.29) is 18.8 Å². The second-order valence-electron chi connectivity index (χ2n) is 5.91. The van der Waals surface area contributed by atoms with E-state index in [1.807, 2.05) is 19.1 Å². The minimum Gasteiger partial charge on any atom is -0.348 e. The number of hydrogen-bond donors (Lipinski definition) is 1. The first-order chi connectivity index (χ1) is 13.3. The highest BCUT2D eigenvalue weighted by Gasteiger charge is 2.13. The van der Waals surface area contributed by atoms with E-state index < -0.39 is 16.4 Å². The molecule has 1 amide bonds. The molecule has 0 aliphatic carbocycles. The normalized spacial score (nSPS) is 10.6. The molecule has 0 saturated carbocycles. The molecule has 3 rings (SSSR count). The van der Waals surface area contributed by atoms with E-state index in [4.69, 9.17) is 11.6 Å². The fraction of sp³-hybridized carbons (Fsp3) is 0.167. The molecule has 0 radical (unpaired) electrons. The number of hydrogen-bond acceptors (Lipinski definition) is 6. The van der Waals surface area contributed by atoms with Gasteiger partial charge in [-0.25, -0.2) is 4.98 Å². The van der Waals surface area contributed by atoms with Crippen molar-refractivity contribution in [1.82, 2.24) is 14.9 Å². The Kier molecular flexibility index (Phi) is 5.86. The first kappa shape index (κ1) is 19.7. The molecular weight excluding hydrogens is 404 g/mol. The van der Waals surface area contributed by atoms with Gasteiger partial charge in [0.05, 0.1) is 23.4 Å². The summed E-state index contributed by atoms with van der Waals surface area (Å²) in [4.78, 5) is 39.6. The second kappa shape index (κ2) is 8.32. The van der Waals surface area contributed by atoms with Gasteiger partial charge in [-0.15, -0.1) is 11.3 Å². The molecule has 28 heavy (non-hydrogen) atoms. The van der Waals surface area contributed by atoms with Crippen LogP contribution in [0.1, 0.15) is 9.88 Å². The lowest BCUT2D eigenvalue weighted by Crippen LogP contribution is -2.31. The maximum Gasteiger partial charge on any atom is 0.285 e. The van der Waals surface area contributed by atoms with Gasteiger partial charge in [-0.2, -0.15) is 0 Å². The van der Waals surface area contributed by atoms with Crippen LogP contribution in [0.25, 0.3) is 11.3 Å². The van der Waals surface area contributed by atoms with Gasteiger partial charge in [-0.1, -0.05) is 23.7 Å². The van der Waals surface area contributed by atoms with Crippen LogP contribution in [0.4, 0.5) is 5.69 Å². The summed E-state index contributed by atoms with van der Waals surface area (Å²) in [7, 11) is 0. The third-order valence-corrected chi connectivity index (χ3v) is 5.11. The first-order valence-corrected chi connectivity index (χ1v) is 9.37. The number of halogens is 1. The summed E-state index contributed by atoms with van der Waals surface area (Å²) in [5.41, 5.74) is 1.01. The predicted octanol–water partition coefficient (Wildman–Crippen LogP) is 3.16. The van der Waals surface area contributed by atoms with E-state index in [9.17, 15) is 19.7 Å². The zero-order chi connectivity index (χ0) is 20.3. The van der Waals surface area contributed by atoms with Crippen molar-refractivity contribution in [3.63, 3.8) is 0 Å². The summed E-state index contributed by atoms with van der Waals surface area (Å²) in [6.07, 6.45) is 1.05. The van der Waals surface area contributed by atoms with Crippen molar-refractivity contribution in [1.29, 1.82) is 0 Å². The molecule has 144 valence electrons. The number of carbonyl (C=O) groups is 1. The molecule has 1 N–H and O–H groups in total. The molecule has 0 saturated heterocycles. The largest absolute Gasteiger partial charge is 0.348 e. The molecule has 0 atom stereocenters. The molecule has 0 bridgehead atoms. The predicted molar refractivity (Wildman–Crippen MR) is 107 cm³/mol. The zero-order valence-corrected chi connectivity index (χ0v) is 16.3. The summed E-state index contributed by atoms with van der Waals surface area (Å²) in [5, 5.41) is 14.8. The minimum atomic E-state index is -0.621. The molecular formula is C18H15ClN4O4S. The standard InChI is InChI=1S/C18H15ClN4O4S/c1-11-18(12-2-4-13(19)5-3-12)21-16(28-11)8-20-15(24)10-22-9-14(23(26)27)6-7-17(22)25/h2-7,9H,8,10H2,1H3,(H,20,24). The van der Waals surface area contributed by atoms with Crippen molar-refractivity contribution < 1.29 is 9.72 Å². The summed E-state index contributed by atoms with van der Waals surface area (Å²) >= 11 is 7.36. The number of aromatic nitrogens is 2. The van der Waals surface area contributed by atoms with Crippen LogP contribution in [0.3, 0.4) is 0 Å². The average Bonchev–Trinajstić information content (AvgIpc) is 3.03. The highest BCUT2D eigenvalue weighted by Crippen LogP contribution is 2.28. The van der Waals surface area contributed by atoms with Crippen molar-refractivity contribution in [2.75, 3.05) is 0 Å². The smallest absolute Gasteiger partial charge is 0.285 e. The lowest BCUT2D eigenvalue weighted by molar-refractivity contribution is -0.385. The number of nitro groups is 1. The summed E-state index contributed by atoms with van der Waals surface area (Å²) in [5.74, 6) is -0.441. The van der Waals surface area contributed by atoms with Crippen LogP contribution in [0, 0.1) is 17.0 Å². The quantitative estimate of drug-likeness (QED) is 0.488. The first-order valence-electron chi connectivity index (χ1n) is 8.17. The second-order valence-corrected chi connectivity index (χ2v) is 7.63.